The standard InChI is InChI=1S/C35H44N8O2/c1-35(2,3)45-34(44)43-29(15-17-38-5)33-40-20-30(42-33)23-8-6-22(7-9-23)24-10-11-26-19-27(13-12-25(26)18-24)31-21-39-32(41-31)28(36)14-16-37-4/h6-13,18-21,28-29,37-38H,14-17,36H2,1-5H3,(H,39,41)(H,40,42)(H,43,44)/t28-,29-/m0/s1. The average Bonchev–Trinajstić information content (AvgIpc) is 3.72. The fourth-order valence-corrected chi connectivity index (χ4v) is 5.22. The highest BCUT2D eigenvalue weighted by Gasteiger charge is 2.22. The summed E-state index contributed by atoms with van der Waals surface area (Å²) in [6.07, 6.45) is 4.68. The molecule has 2 heterocycles. The molecule has 45 heavy (non-hydrogen) atoms. The Bertz CT molecular complexity index is 1720. The van der Waals surface area contributed by atoms with Crippen LogP contribution in [0.2, 0.25) is 0 Å². The van der Waals surface area contributed by atoms with Crippen molar-refractivity contribution in [2.75, 3.05) is 27.2 Å². The van der Waals surface area contributed by atoms with Crippen molar-refractivity contribution in [2.45, 2.75) is 51.3 Å². The molecule has 7 N–H and O–H groups in total. The summed E-state index contributed by atoms with van der Waals surface area (Å²) in [4.78, 5) is 28.4. The molecular formula is C35H44N8O2. The van der Waals surface area contributed by atoms with Crippen molar-refractivity contribution >= 4 is 16.9 Å². The van der Waals surface area contributed by atoms with Crippen molar-refractivity contribution in [3.63, 3.8) is 0 Å². The van der Waals surface area contributed by atoms with Gasteiger partial charge >= 0.3 is 6.09 Å². The van der Waals surface area contributed by atoms with Crippen molar-refractivity contribution in [1.82, 2.24) is 35.9 Å². The number of nitrogens with two attached hydrogens (primary N) is 1. The summed E-state index contributed by atoms with van der Waals surface area (Å²) < 4.78 is 5.47. The number of benzene rings is 3. The maximum absolute atomic E-state index is 12.5. The number of amides is 1. The van der Waals surface area contributed by atoms with E-state index in [1.165, 1.54) is 0 Å². The number of ether oxygens (including phenoxy) is 1. The highest BCUT2D eigenvalue weighted by molar-refractivity contribution is 5.90. The molecule has 10 heteroatoms. The predicted octanol–water partition coefficient (Wildman–Crippen LogP) is 6.07. The van der Waals surface area contributed by atoms with Crippen molar-refractivity contribution in [1.29, 1.82) is 0 Å². The lowest BCUT2D eigenvalue weighted by Crippen LogP contribution is -2.36. The molecule has 5 aromatic rings. The molecule has 0 unspecified atom stereocenters. The first-order valence-corrected chi connectivity index (χ1v) is 15.4. The Morgan fingerprint density at radius 3 is 1.98 bits per heavy atom. The van der Waals surface area contributed by atoms with E-state index in [-0.39, 0.29) is 12.1 Å². The fraction of sp³-hybridized carbons (Fsp3) is 0.343. The Morgan fingerprint density at radius 2 is 1.31 bits per heavy atom. The van der Waals surface area contributed by atoms with E-state index < -0.39 is 11.7 Å². The molecule has 0 aliphatic carbocycles. The van der Waals surface area contributed by atoms with Gasteiger partial charge in [0, 0.05) is 5.56 Å². The number of rotatable bonds is 12. The lowest BCUT2D eigenvalue weighted by Gasteiger charge is -2.22. The zero-order valence-electron chi connectivity index (χ0n) is 26.7. The first kappa shape index (κ1) is 31.9. The Kier molecular flexibility index (Phi) is 9.97. The average molecular weight is 609 g/mol. The van der Waals surface area contributed by atoms with E-state index >= 15 is 0 Å². The SMILES string of the molecule is CNCC[C@H](NC(=O)OC(C)(C)C)c1ncc(-c2ccc(-c3ccc4cc(-c5cnc([C@@H](N)CCNC)[nH]5)ccc4c3)cc2)[nH]1. The van der Waals surface area contributed by atoms with Crippen LogP contribution in [0, 0.1) is 0 Å². The molecule has 3 aromatic carbocycles. The second kappa shape index (κ2) is 14.1. The van der Waals surface area contributed by atoms with Crippen LogP contribution in [0.1, 0.15) is 57.3 Å². The topological polar surface area (TPSA) is 146 Å². The lowest BCUT2D eigenvalue weighted by atomic mass is 9.98. The van der Waals surface area contributed by atoms with Gasteiger partial charge in [0.05, 0.1) is 35.9 Å². The monoisotopic (exact) mass is 608 g/mol. The molecule has 1 amide bonds. The minimum absolute atomic E-state index is 0.127. The third kappa shape index (κ3) is 8.16. The molecule has 0 aliphatic rings. The van der Waals surface area contributed by atoms with Crippen LogP contribution in [-0.4, -0.2) is 58.8 Å². The summed E-state index contributed by atoms with van der Waals surface area (Å²) in [7, 11) is 3.80. The molecule has 5 rings (SSSR count). The summed E-state index contributed by atoms with van der Waals surface area (Å²) in [6, 6.07) is 20.9. The molecule has 0 saturated carbocycles. The van der Waals surface area contributed by atoms with Gasteiger partial charge in [-0.1, -0.05) is 48.5 Å². The van der Waals surface area contributed by atoms with E-state index in [0.29, 0.717) is 18.8 Å². The van der Waals surface area contributed by atoms with Crippen molar-refractivity contribution in [3.8, 4) is 33.6 Å². The van der Waals surface area contributed by atoms with E-state index in [9.17, 15) is 4.79 Å². The molecule has 236 valence electrons. The highest BCUT2D eigenvalue weighted by atomic mass is 16.6. The lowest BCUT2D eigenvalue weighted by molar-refractivity contribution is 0.0499. The molecule has 2 atom stereocenters. The van der Waals surface area contributed by atoms with Crippen LogP contribution in [0.3, 0.4) is 0 Å². The minimum Gasteiger partial charge on any atom is -0.444 e. The molecule has 0 fully saturated rings. The molecule has 0 radical (unpaired) electrons. The Labute approximate surface area is 264 Å². The van der Waals surface area contributed by atoms with Gasteiger partial charge in [-0.05, 0) is 100 Å². The fourth-order valence-electron chi connectivity index (χ4n) is 5.22. The van der Waals surface area contributed by atoms with Gasteiger partial charge in [0.2, 0.25) is 0 Å². The maximum Gasteiger partial charge on any atom is 0.408 e. The van der Waals surface area contributed by atoms with Gasteiger partial charge in [0.25, 0.3) is 0 Å². The van der Waals surface area contributed by atoms with Gasteiger partial charge in [-0.15, -0.1) is 0 Å². The van der Waals surface area contributed by atoms with Crippen LogP contribution in [0.25, 0.3) is 44.4 Å². The number of aromatic amines is 2. The Hall–Kier alpha value is -4.51. The predicted molar refractivity (Wildman–Crippen MR) is 181 cm³/mol. The Balaban J connectivity index is 1.29. The quantitative estimate of drug-likeness (QED) is 0.101. The number of nitrogens with zero attached hydrogens (tertiary/aromatic N) is 2. The number of fused-ring (bicyclic) bond motifs is 1. The molecular weight excluding hydrogens is 564 g/mol. The summed E-state index contributed by atoms with van der Waals surface area (Å²) >= 11 is 0. The number of carbonyl (C=O) groups is 1. The van der Waals surface area contributed by atoms with Crippen LogP contribution in [0.5, 0.6) is 0 Å². The number of carbonyl (C=O) groups excluding carboxylic acids is 1. The smallest absolute Gasteiger partial charge is 0.408 e. The van der Waals surface area contributed by atoms with Gasteiger partial charge in [-0.25, -0.2) is 14.8 Å². The van der Waals surface area contributed by atoms with E-state index in [1.54, 1.807) is 6.20 Å². The number of aromatic nitrogens is 4. The second-order valence-corrected chi connectivity index (χ2v) is 12.3. The van der Waals surface area contributed by atoms with Gasteiger partial charge < -0.3 is 36.4 Å². The summed E-state index contributed by atoms with van der Waals surface area (Å²) in [5, 5.41) is 11.5. The van der Waals surface area contributed by atoms with Gasteiger partial charge in [0.1, 0.15) is 17.2 Å². The van der Waals surface area contributed by atoms with Crippen molar-refractivity contribution in [3.05, 3.63) is 84.7 Å². The van der Waals surface area contributed by atoms with Crippen LogP contribution >= 0.6 is 0 Å². The summed E-state index contributed by atoms with van der Waals surface area (Å²) in [5.41, 5.74) is 11.9. The van der Waals surface area contributed by atoms with Gasteiger partial charge in [-0.3, -0.25) is 0 Å². The van der Waals surface area contributed by atoms with Gasteiger partial charge in [0.15, 0.2) is 0 Å². The van der Waals surface area contributed by atoms with Crippen LogP contribution < -0.4 is 21.7 Å². The van der Waals surface area contributed by atoms with E-state index in [4.69, 9.17) is 10.5 Å². The zero-order chi connectivity index (χ0) is 32.0. The minimum atomic E-state index is -0.576. The number of alkyl carbamates (subject to hydrolysis) is 1. The maximum atomic E-state index is 12.5. The molecule has 2 aromatic heterocycles. The number of H-pyrrole nitrogens is 2. The highest BCUT2D eigenvalue weighted by Crippen LogP contribution is 2.30. The van der Waals surface area contributed by atoms with E-state index in [2.05, 4.69) is 96.5 Å². The first-order valence-electron chi connectivity index (χ1n) is 15.4. The van der Waals surface area contributed by atoms with Gasteiger partial charge in [-0.2, -0.15) is 0 Å². The molecule has 0 spiro atoms. The first-order chi connectivity index (χ1) is 21.6. The molecule has 0 aliphatic heterocycles. The van der Waals surface area contributed by atoms with E-state index in [1.807, 2.05) is 41.1 Å². The number of hydrogen-bond acceptors (Lipinski definition) is 7. The van der Waals surface area contributed by atoms with Crippen molar-refractivity contribution < 1.29 is 9.53 Å². The van der Waals surface area contributed by atoms with Crippen LogP contribution in [-0.2, 0) is 4.74 Å². The second-order valence-electron chi connectivity index (χ2n) is 12.3. The zero-order valence-corrected chi connectivity index (χ0v) is 26.7. The summed E-state index contributed by atoms with van der Waals surface area (Å²) in [6.45, 7) is 7.10. The third-order valence-electron chi connectivity index (χ3n) is 7.63. The number of hydrogen-bond donors (Lipinski definition) is 6. The molecule has 10 nitrogen and oxygen atoms in total. The molecule has 0 saturated heterocycles. The van der Waals surface area contributed by atoms with Crippen LogP contribution in [0.15, 0.2) is 73.1 Å². The Morgan fingerprint density at radius 1 is 0.778 bits per heavy atom. The summed E-state index contributed by atoms with van der Waals surface area (Å²) in [5.74, 6) is 1.49. The largest absolute Gasteiger partial charge is 0.444 e. The molecule has 0 bridgehead atoms. The normalized spacial score (nSPS) is 13.1. The van der Waals surface area contributed by atoms with E-state index in [0.717, 1.165) is 63.2 Å². The van der Waals surface area contributed by atoms with Crippen molar-refractivity contribution in [2.24, 2.45) is 5.73 Å². The number of imidazole rings is 2. The van der Waals surface area contributed by atoms with Crippen LogP contribution in [0.4, 0.5) is 4.79 Å². The number of nitrogens with one attached hydrogen (secondary N) is 5. The third-order valence-corrected chi connectivity index (χ3v) is 7.63.